The van der Waals surface area contributed by atoms with Gasteiger partial charge in [-0.1, -0.05) is 46.8 Å². The summed E-state index contributed by atoms with van der Waals surface area (Å²) in [6.07, 6.45) is 6.07. The first-order valence-electron chi connectivity index (χ1n) is 9.01. The van der Waals surface area contributed by atoms with Crippen molar-refractivity contribution in [3.05, 3.63) is 57.0 Å². The maximum absolute atomic E-state index is 12.3. The van der Waals surface area contributed by atoms with E-state index in [2.05, 4.69) is 21.2 Å². The van der Waals surface area contributed by atoms with E-state index in [1.54, 1.807) is 0 Å². The van der Waals surface area contributed by atoms with Crippen LogP contribution in [0, 0.1) is 6.92 Å². The Bertz CT molecular complexity index is 788. The van der Waals surface area contributed by atoms with Gasteiger partial charge in [-0.2, -0.15) is 0 Å². The molecule has 0 aromatic heterocycles. The second-order valence-corrected chi connectivity index (χ2v) is 8.17. The maximum Gasteiger partial charge on any atom is 0.262 e. The van der Waals surface area contributed by atoms with Gasteiger partial charge >= 0.3 is 0 Å². The van der Waals surface area contributed by atoms with E-state index in [0.29, 0.717) is 10.9 Å². The first-order valence-corrected chi connectivity index (χ1v) is 10.2. The highest BCUT2D eigenvalue weighted by Crippen LogP contribution is 2.38. The minimum absolute atomic E-state index is 0.0170. The molecule has 0 radical (unpaired) electrons. The van der Waals surface area contributed by atoms with E-state index < -0.39 is 0 Å². The van der Waals surface area contributed by atoms with E-state index in [-0.39, 0.29) is 12.5 Å². The van der Waals surface area contributed by atoms with Crippen molar-refractivity contribution in [2.24, 2.45) is 0 Å². The monoisotopic (exact) mass is 435 g/mol. The molecule has 26 heavy (non-hydrogen) atoms. The van der Waals surface area contributed by atoms with Gasteiger partial charge in [-0.15, -0.1) is 0 Å². The number of halogens is 2. The molecule has 0 aliphatic heterocycles. The van der Waals surface area contributed by atoms with Gasteiger partial charge in [0.25, 0.3) is 5.91 Å². The third-order valence-corrected chi connectivity index (χ3v) is 5.57. The quantitative estimate of drug-likeness (QED) is 0.583. The van der Waals surface area contributed by atoms with Gasteiger partial charge in [0.15, 0.2) is 6.61 Å². The van der Waals surface area contributed by atoms with Gasteiger partial charge in [0.05, 0.1) is 0 Å². The number of nitrogens with one attached hydrogen (secondary N) is 1. The van der Waals surface area contributed by atoms with Gasteiger partial charge in [-0.25, -0.2) is 0 Å². The number of amides is 1. The molecular formula is C21H23BrClNO2. The van der Waals surface area contributed by atoms with Crippen LogP contribution >= 0.6 is 27.5 Å². The standard InChI is InChI=1S/C21H23BrClNO2/c1-14-11-16(22)7-9-19(14)24-21(25)13-26-20-10-8-17(23)12-18(20)15-5-3-2-4-6-15/h7-12,15H,2-6,13H2,1H3,(H,24,25). The number of hydrogen-bond donors (Lipinski definition) is 1. The Kier molecular flexibility index (Phi) is 6.60. The van der Waals surface area contributed by atoms with Crippen LogP contribution in [0.15, 0.2) is 40.9 Å². The topological polar surface area (TPSA) is 38.3 Å². The van der Waals surface area contributed by atoms with Crippen molar-refractivity contribution in [1.29, 1.82) is 0 Å². The molecule has 0 saturated heterocycles. The van der Waals surface area contributed by atoms with Gasteiger partial charge < -0.3 is 10.1 Å². The molecule has 0 unspecified atom stereocenters. The smallest absolute Gasteiger partial charge is 0.262 e. The van der Waals surface area contributed by atoms with E-state index >= 15 is 0 Å². The zero-order valence-corrected chi connectivity index (χ0v) is 17.2. The zero-order chi connectivity index (χ0) is 18.5. The summed E-state index contributed by atoms with van der Waals surface area (Å²) in [6, 6.07) is 11.4. The number of ether oxygens (including phenoxy) is 1. The van der Waals surface area contributed by atoms with E-state index in [1.807, 2.05) is 43.3 Å². The average molecular weight is 437 g/mol. The first kappa shape index (κ1) is 19.2. The van der Waals surface area contributed by atoms with E-state index in [0.717, 1.165) is 39.9 Å². The van der Waals surface area contributed by atoms with Crippen molar-refractivity contribution in [1.82, 2.24) is 0 Å². The summed E-state index contributed by atoms with van der Waals surface area (Å²) >= 11 is 9.62. The van der Waals surface area contributed by atoms with Gasteiger partial charge in [0.2, 0.25) is 0 Å². The Balaban J connectivity index is 1.66. The lowest BCUT2D eigenvalue weighted by molar-refractivity contribution is -0.118. The van der Waals surface area contributed by atoms with Crippen LogP contribution in [0.2, 0.25) is 5.02 Å². The van der Waals surface area contributed by atoms with E-state index in [9.17, 15) is 4.79 Å². The summed E-state index contributed by atoms with van der Waals surface area (Å²) in [6.45, 7) is 1.94. The highest BCUT2D eigenvalue weighted by molar-refractivity contribution is 9.10. The predicted molar refractivity (Wildman–Crippen MR) is 110 cm³/mol. The summed E-state index contributed by atoms with van der Waals surface area (Å²) < 4.78 is 6.85. The molecule has 1 aliphatic carbocycles. The molecule has 0 bridgehead atoms. The molecule has 1 aliphatic rings. The zero-order valence-electron chi connectivity index (χ0n) is 14.9. The molecule has 0 atom stereocenters. The fourth-order valence-corrected chi connectivity index (χ4v) is 4.14. The molecule has 1 N–H and O–H groups in total. The molecule has 1 amide bonds. The van der Waals surface area contributed by atoms with E-state index in [4.69, 9.17) is 16.3 Å². The summed E-state index contributed by atoms with van der Waals surface area (Å²) in [4.78, 5) is 12.3. The summed E-state index contributed by atoms with van der Waals surface area (Å²) in [5, 5.41) is 3.62. The van der Waals surface area contributed by atoms with Crippen molar-refractivity contribution in [3.63, 3.8) is 0 Å². The third kappa shape index (κ3) is 5.01. The highest BCUT2D eigenvalue weighted by atomic mass is 79.9. The number of aryl methyl sites for hydroxylation is 1. The predicted octanol–water partition coefficient (Wildman–Crippen LogP) is 6.48. The maximum atomic E-state index is 12.3. The Hall–Kier alpha value is -1.52. The minimum Gasteiger partial charge on any atom is -0.483 e. The molecule has 0 heterocycles. The Morgan fingerprint density at radius 2 is 1.96 bits per heavy atom. The van der Waals surface area contributed by atoms with Gasteiger partial charge in [0.1, 0.15) is 5.75 Å². The number of anilines is 1. The molecule has 1 saturated carbocycles. The van der Waals surface area contributed by atoms with Crippen molar-refractivity contribution < 1.29 is 9.53 Å². The van der Waals surface area contributed by atoms with Gasteiger partial charge in [-0.3, -0.25) is 4.79 Å². The van der Waals surface area contributed by atoms with Crippen molar-refractivity contribution in [3.8, 4) is 5.75 Å². The molecular weight excluding hydrogens is 414 g/mol. The lowest BCUT2D eigenvalue weighted by Gasteiger charge is -2.24. The fourth-order valence-electron chi connectivity index (χ4n) is 3.48. The van der Waals surface area contributed by atoms with Crippen LogP contribution in [0.3, 0.4) is 0 Å². The number of benzene rings is 2. The van der Waals surface area contributed by atoms with Crippen LogP contribution in [-0.4, -0.2) is 12.5 Å². The van der Waals surface area contributed by atoms with Crippen molar-refractivity contribution in [2.45, 2.75) is 44.9 Å². The molecule has 2 aromatic carbocycles. The van der Waals surface area contributed by atoms with Crippen LogP contribution in [0.5, 0.6) is 5.75 Å². The molecule has 5 heteroatoms. The summed E-state index contributed by atoms with van der Waals surface area (Å²) in [7, 11) is 0. The van der Waals surface area contributed by atoms with Crippen LogP contribution in [0.1, 0.15) is 49.1 Å². The van der Waals surface area contributed by atoms with Crippen LogP contribution in [-0.2, 0) is 4.79 Å². The fraction of sp³-hybridized carbons (Fsp3) is 0.381. The average Bonchev–Trinajstić information content (AvgIpc) is 2.64. The largest absolute Gasteiger partial charge is 0.483 e. The number of hydrogen-bond acceptors (Lipinski definition) is 2. The Morgan fingerprint density at radius 3 is 2.69 bits per heavy atom. The van der Waals surface area contributed by atoms with Crippen LogP contribution in [0.25, 0.3) is 0 Å². The molecule has 2 aromatic rings. The Labute approximate surface area is 168 Å². The minimum atomic E-state index is -0.167. The van der Waals surface area contributed by atoms with Crippen LogP contribution in [0.4, 0.5) is 5.69 Å². The number of carbonyl (C=O) groups is 1. The Morgan fingerprint density at radius 1 is 1.19 bits per heavy atom. The lowest BCUT2D eigenvalue weighted by Crippen LogP contribution is -2.21. The van der Waals surface area contributed by atoms with Gasteiger partial charge in [0, 0.05) is 15.2 Å². The summed E-state index contributed by atoms with van der Waals surface area (Å²) in [5.41, 5.74) is 2.93. The highest BCUT2D eigenvalue weighted by Gasteiger charge is 2.20. The molecule has 138 valence electrons. The van der Waals surface area contributed by atoms with Crippen molar-refractivity contribution in [2.75, 3.05) is 11.9 Å². The molecule has 0 spiro atoms. The molecule has 1 fully saturated rings. The second-order valence-electron chi connectivity index (χ2n) is 6.81. The third-order valence-electron chi connectivity index (χ3n) is 4.84. The number of carbonyl (C=O) groups excluding carboxylic acids is 1. The molecule has 3 nitrogen and oxygen atoms in total. The normalized spacial score (nSPS) is 14.9. The molecule has 3 rings (SSSR count). The SMILES string of the molecule is Cc1cc(Br)ccc1NC(=O)COc1ccc(Cl)cc1C1CCCCC1. The lowest BCUT2D eigenvalue weighted by atomic mass is 9.84. The van der Waals surface area contributed by atoms with Crippen LogP contribution < -0.4 is 10.1 Å². The second kappa shape index (κ2) is 8.92. The van der Waals surface area contributed by atoms with Gasteiger partial charge in [-0.05, 0) is 73.2 Å². The van der Waals surface area contributed by atoms with Crippen molar-refractivity contribution >= 4 is 39.1 Å². The summed E-state index contributed by atoms with van der Waals surface area (Å²) in [5.74, 6) is 1.07. The number of rotatable bonds is 5. The van der Waals surface area contributed by atoms with E-state index in [1.165, 1.54) is 19.3 Å². The first-order chi connectivity index (χ1) is 12.5.